The van der Waals surface area contributed by atoms with Gasteiger partial charge in [-0.25, -0.2) is 4.98 Å². The van der Waals surface area contributed by atoms with E-state index in [-0.39, 0.29) is 18.3 Å². The van der Waals surface area contributed by atoms with Gasteiger partial charge in [0.05, 0.1) is 16.6 Å². The molecule has 1 amide bonds. The Morgan fingerprint density at radius 2 is 1.59 bits per heavy atom. The van der Waals surface area contributed by atoms with Gasteiger partial charge in [0.2, 0.25) is 5.91 Å². The van der Waals surface area contributed by atoms with Crippen molar-refractivity contribution in [1.82, 2.24) is 9.88 Å². The molecule has 1 heterocycles. The fourth-order valence-electron chi connectivity index (χ4n) is 3.17. The third-order valence-corrected chi connectivity index (χ3v) is 6.37. The molecule has 0 aliphatic rings. The minimum atomic E-state index is 0. The van der Waals surface area contributed by atoms with Crippen LogP contribution in [0.3, 0.4) is 0 Å². The van der Waals surface area contributed by atoms with Gasteiger partial charge in [0.1, 0.15) is 0 Å². The number of rotatable bonds is 6. The summed E-state index contributed by atoms with van der Waals surface area (Å²) < 4.78 is 1.17. The summed E-state index contributed by atoms with van der Waals surface area (Å²) in [6.45, 7) is 9.79. The zero-order chi connectivity index (χ0) is 20.4. The highest BCUT2D eigenvalue weighted by Crippen LogP contribution is 2.33. The number of aryl methyl sites for hydroxylation is 4. The van der Waals surface area contributed by atoms with E-state index >= 15 is 0 Å². The number of benzene rings is 2. The molecular weight excluding hydrogens is 402 g/mol. The highest BCUT2D eigenvalue weighted by atomic mass is 35.5. The van der Waals surface area contributed by atoms with Crippen molar-refractivity contribution < 1.29 is 4.79 Å². The zero-order valence-electron chi connectivity index (χ0n) is 18.1. The highest BCUT2D eigenvalue weighted by molar-refractivity contribution is 7.22. The minimum Gasteiger partial charge on any atom is -0.308 e. The van der Waals surface area contributed by atoms with Crippen LogP contribution in [0.2, 0.25) is 0 Å². The first kappa shape index (κ1) is 23.3. The van der Waals surface area contributed by atoms with Crippen LogP contribution in [0, 0.1) is 27.7 Å². The van der Waals surface area contributed by atoms with E-state index in [0.717, 1.165) is 28.3 Å². The monoisotopic (exact) mass is 431 g/mol. The number of carbonyl (C=O) groups is 1. The van der Waals surface area contributed by atoms with Crippen LogP contribution in [0.15, 0.2) is 30.3 Å². The molecule has 0 saturated heterocycles. The number of anilines is 1. The Bertz CT molecular complexity index is 974. The Morgan fingerprint density at radius 1 is 0.931 bits per heavy atom. The predicted octanol–water partition coefficient (Wildman–Crippen LogP) is 5.09. The number of hydrogen-bond donors (Lipinski definition) is 0. The van der Waals surface area contributed by atoms with Crippen LogP contribution in [0.1, 0.15) is 27.8 Å². The smallest absolute Gasteiger partial charge is 0.233 e. The molecule has 0 radical (unpaired) electrons. The first-order valence-corrected chi connectivity index (χ1v) is 10.5. The quantitative estimate of drug-likeness (QED) is 0.545. The van der Waals surface area contributed by atoms with Gasteiger partial charge in [0, 0.05) is 13.1 Å². The van der Waals surface area contributed by atoms with Crippen molar-refractivity contribution in [3.05, 3.63) is 58.1 Å². The highest BCUT2D eigenvalue weighted by Gasteiger charge is 2.21. The van der Waals surface area contributed by atoms with E-state index in [4.69, 9.17) is 4.98 Å². The maximum absolute atomic E-state index is 13.2. The third-order valence-electron chi connectivity index (χ3n) is 5.16. The van der Waals surface area contributed by atoms with Gasteiger partial charge in [0.25, 0.3) is 0 Å². The number of aromatic nitrogens is 1. The molecule has 29 heavy (non-hydrogen) atoms. The molecule has 0 unspecified atom stereocenters. The van der Waals surface area contributed by atoms with Gasteiger partial charge in [-0.1, -0.05) is 41.7 Å². The summed E-state index contributed by atoms with van der Waals surface area (Å²) in [4.78, 5) is 22.1. The van der Waals surface area contributed by atoms with Crippen molar-refractivity contribution in [3.63, 3.8) is 0 Å². The van der Waals surface area contributed by atoms with Crippen LogP contribution in [-0.4, -0.2) is 43.0 Å². The molecule has 2 aromatic carbocycles. The lowest BCUT2D eigenvalue weighted by molar-refractivity contribution is -0.118. The van der Waals surface area contributed by atoms with Crippen molar-refractivity contribution in [2.45, 2.75) is 34.1 Å². The molecule has 6 heteroatoms. The summed E-state index contributed by atoms with van der Waals surface area (Å²) in [7, 11) is 4.05. The van der Waals surface area contributed by atoms with E-state index in [0.29, 0.717) is 13.0 Å². The zero-order valence-corrected chi connectivity index (χ0v) is 19.7. The second-order valence-electron chi connectivity index (χ2n) is 7.82. The predicted molar refractivity (Wildman–Crippen MR) is 127 cm³/mol. The van der Waals surface area contributed by atoms with Gasteiger partial charge < -0.3 is 4.90 Å². The molecule has 0 saturated carbocycles. The Kier molecular flexibility index (Phi) is 7.80. The van der Waals surface area contributed by atoms with Gasteiger partial charge in [0.15, 0.2) is 5.13 Å². The average molecular weight is 432 g/mol. The van der Waals surface area contributed by atoms with Gasteiger partial charge in [-0.2, -0.15) is 0 Å². The number of nitrogens with zero attached hydrogens (tertiary/aromatic N) is 3. The molecule has 156 valence electrons. The molecule has 0 aliphatic heterocycles. The van der Waals surface area contributed by atoms with Crippen LogP contribution in [0.5, 0.6) is 0 Å². The normalized spacial score (nSPS) is 11.0. The number of carbonyl (C=O) groups excluding carboxylic acids is 1. The van der Waals surface area contributed by atoms with E-state index in [2.05, 4.69) is 62.9 Å². The van der Waals surface area contributed by atoms with Gasteiger partial charge in [-0.15, -0.1) is 12.4 Å². The molecule has 0 atom stereocenters. The van der Waals surface area contributed by atoms with Gasteiger partial charge in [-0.3, -0.25) is 9.69 Å². The number of amides is 1. The number of hydrogen-bond acceptors (Lipinski definition) is 4. The van der Waals surface area contributed by atoms with Gasteiger partial charge in [-0.05, 0) is 69.6 Å². The number of likely N-dealkylation sites (N-methyl/N-ethyl adjacent to an activating group) is 1. The Balaban J connectivity index is 0.00000300. The van der Waals surface area contributed by atoms with E-state index in [1.54, 1.807) is 11.3 Å². The second-order valence-corrected chi connectivity index (χ2v) is 8.80. The van der Waals surface area contributed by atoms with Crippen molar-refractivity contribution in [3.8, 4) is 0 Å². The second kappa shape index (κ2) is 9.70. The lowest BCUT2D eigenvalue weighted by Gasteiger charge is -2.22. The fourth-order valence-corrected chi connectivity index (χ4v) is 4.33. The summed E-state index contributed by atoms with van der Waals surface area (Å²) in [6, 6.07) is 10.5. The topological polar surface area (TPSA) is 36.4 Å². The maximum Gasteiger partial charge on any atom is 0.233 e. The fraction of sp³-hybridized carbons (Fsp3) is 0.391. The summed E-state index contributed by atoms with van der Waals surface area (Å²) in [5.74, 6) is 0.0967. The first-order chi connectivity index (χ1) is 13.3. The first-order valence-electron chi connectivity index (χ1n) is 9.64. The molecule has 0 bridgehead atoms. The standard InChI is InChI=1S/C23H29N3OS.ClH/c1-15-9-10-19(13-18(15)4)14-20(27)26(12-11-25(5)6)23-24-21-16(2)7-8-17(3)22(21)28-23;/h7-10,13H,11-12,14H2,1-6H3;1H. The largest absolute Gasteiger partial charge is 0.308 e. The summed E-state index contributed by atoms with van der Waals surface area (Å²) in [6.07, 6.45) is 0.391. The van der Waals surface area contributed by atoms with E-state index in [9.17, 15) is 4.79 Å². The average Bonchev–Trinajstić information content (AvgIpc) is 3.08. The van der Waals surface area contributed by atoms with Crippen LogP contribution in [0.4, 0.5) is 5.13 Å². The molecule has 4 nitrogen and oxygen atoms in total. The summed E-state index contributed by atoms with van der Waals surface area (Å²) in [5.41, 5.74) is 6.88. The number of fused-ring (bicyclic) bond motifs is 1. The molecular formula is C23H30ClN3OS. The van der Waals surface area contributed by atoms with Crippen LogP contribution < -0.4 is 4.90 Å². The van der Waals surface area contributed by atoms with E-state index in [1.165, 1.54) is 21.4 Å². The number of halogens is 1. The Morgan fingerprint density at radius 3 is 2.21 bits per heavy atom. The number of thiazole rings is 1. The molecule has 0 N–H and O–H groups in total. The molecule has 0 spiro atoms. The lowest BCUT2D eigenvalue weighted by Crippen LogP contribution is -2.37. The molecule has 0 fully saturated rings. The summed E-state index contributed by atoms with van der Waals surface area (Å²) >= 11 is 1.62. The maximum atomic E-state index is 13.2. The van der Waals surface area contributed by atoms with Crippen molar-refractivity contribution in [2.75, 3.05) is 32.1 Å². The molecule has 0 aliphatic carbocycles. The van der Waals surface area contributed by atoms with Crippen molar-refractivity contribution in [1.29, 1.82) is 0 Å². The molecule has 3 rings (SSSR count). The molecule has 1 aromatic heterocycles. The van der Waals surface area contributed by atoms with E-state index < -0.39 is 0 Å². The van der Waals surface area contributed by atoms with Crippen LogP contribution in [-0.2, 0) is 11.2 Å². The minimum absolute atomic E-state index is 0. The Labute approximate surface area is 184 Å². The van der Waals surface area contributed by atoms with Crippen LogP contribution >= 0.6 is 23.7 Å². The van der Waals surface area contributed by atoms with Gasteiger partial charge >= 0.3 is 0 Å². The van der Waals surface area contributed by atoms with Crippen molar-refractivity contribution in [2.24, 2.45) is 0 Å². The molecule has 3 aromatic rings. The summed E-state index contributed by atoms with van der Waals surface area (Å²) in [5, 5.41) is 0.795. The SMILES string of the molecule is Cc1ccc(CC(=O)N(CCN(C)C)c2nc3c(C)ccc(C)c3s2)cc1C.Cl. The van der Waals surface area contributed by atoms with Crippen LogP contribution in [0.25, 0.3) is 10.2 Å². The van der Waals surface area contributed by atoms with Crippen molar-refractivity contribution >= 4 is 45.0 Å². The van der Waals surface area contributed by atoms with E-state index in [1.807, 2.05) is 19.0 Å². The third kappa shape index (κ3) is 5.35. The Hall–Kier alpha value is -1.95. The lowest BCUT2D eigenvalue weighted by atomic mass is 10.0.